The Hall–Kier alpha value is -5.12. The van der Waals surface area contributed by atoms with Crippen molar-refractivity contribution >= 4 is 0 Å². The fourth-order valence-corrected chi connectivity index (χ4v) is 7.17. The molecule has 0 saturated heterocycles. The lowest BCUT2D eigenvalue weighted by Gasteiger charge is -2.33. The second-order valence-corrected chi connectivity index (χ2v) is 15.7. The van der Waals surface area contributed by atoms with E-state index in [4.69, 9.17) is 9.68 Å². The predicted molar refractivity (Wildman–Crippen MR) is 212 cm³/mol. The zero-order valence-corrected chi connectivity index (χ0v) is 31.3. The molecule has 0 aliphatic carbocycles. The predicted octanol–water partition coefficient (Wildman–Crippen LogP) is 11.9. The molecule has 0 heterocycles. The van der Waals surface area contributed by atoms with E-state index >= 15 is 0 Å². The zero-order chi connectivity index (χ0) is 36.3. The summed E-state index contributed by atoms with van der Waals surface area (Å²) in [4.78, 5) is 12.8. The van der Waals surface area contributed by atoms with Gasteiger partial charge in [0, 0.05) is 38.4 Å². The minimum Gasteiger partial charge on any atom is -0.373 e. The van der Waals surface area contributed by atoms with Gasteiger partial charge in [-0.25, -0.2) is 0 Å². The zero-order valence-electron chi connectivity index (χ0n) is 31.3. The first-order chi connectivity index (χ1) is 24.3. The summed E-state index contributed by atoms with van der Waals surface area (Å²) in [5.74, 6) is 1.42. The maximum absolute atomic E-state index is 6.39. The van der Waals surface area contributed by atoms with E-state index in [9.17, 15) is 0 Å². The number of hydrogen-bond acceptors (Lipinski definition) is 3. The average Bonchev–Trinajstić information content (AvgIpc) is 3.16. The average molecular weight is 674 g/mol. The smallest absolute Gasteiger partial charge is 0.155 e. The molecule has 3 nitrogen and oxygen atoms in total. The van der Waals surface area contributed by atoms with E-state index in [2.05, 4.69) is 219 Å². The van der Waals surface area contributed by atoms with Gasteiger partial charge in [-0.05, 0) is 45.5 Å². The second kappa shape index (κ2) is 14.2. The van der Waals surface area contributed by atoms with Crippen LogP contribution in [0.15, 0.2) is 158 Å². The molecule has 0 amide bonds. The van der Waals surface area contributed by atoms with Crippen LogP contribution in [-0.2, 0) is 21.7 Å². The molecule has 0 aliphatic rings. The van der Waals surface area contributed by atoms with E-state index < -0.39 is 0 Å². The molecule has 0 radical (unpaired) electrons. The van der Waals surface area contributed by atoms with Gasteiger partial charge in [0.15, 0.2) is 11.5 Å². The Bertz CT molecular complexity index is 1900. The first kappa shape index (κ1) is 35.7. The van der Waals surface area contributed by atoms with Crippen molar-refractivity contribution in [1.82, 2.24) is 5.64 Å². The Labute approximate surface area is 305 Å². The molecule has 0 bridgehead atoms. The summed E-state index contributed by atoms with van der Waals surface area (Å²) in [5, 5.41) is 0. The minimum atomic E-state index is -0.355. The standard InChI is InChI=1S/C48H51NO2/c1-45(2,35-21-13-9-14-22-35)39-29-31-43(41(33-39)47(5,6)37-25-17-11-18-26-37)50-49-51-44-32-30-40(46(3,4)36-23-15-10-16-24-36)34-42(44)48(7,8)38-27-19-12-20-28-38/h9-34,49H,1-8H3. The van der Waals surface area contributed by atoms with Crippen LogP contribution in [0.25, 0.3) is 0 Å². The Morgan fingerprint density at radius 1 is 0.314 bits per heavy atom. The van der Waals surface area contributed by atoms with Crippen LogP contribution >= 0.6 is 0 Å². The van der Waals surface area contributed by atoms with Crippen molar-refractivity contribution < 1.29 is 9.68 Å². The molecule has 0 aromatic heterocycles. The van der Waals surface area contributed by atoms with Crippen molar-refractivity contribution in [1.29, 1.82) is 0 Å². The Morgan fingerprint density at radius 2 is 0.588 bits per heavy atom. The van der Waals surface area contributed by atoms with Crippen LogP contribution in [0.1, 0.15) is 99.9 Å². The maximum Gasteiger partial charge on any atom is 0.155 e. The SMILES string of the molecule is CC(C)(c1ccccc1)c1ccc(ONOc2ccc(C(C)(C)c3ccccc3)cc2C(C)(C)c2ccccc2)c(C(C)(C)c2ccccc2)c1. The highest BCUT2D eigenvalue weighted by Gasteiger charge is 2.33. The molecule has 0 unspecified atom stereocenters. The highest BCUT2D eigenvalue weighted by Crippen LogP contribution is 2.43. The summed E-state index contributed by atoms with van der Waals surface area (Å²) in [7, 11) is 0. The summed E-state index contributed by atoms with van der Waals surface area (Å²) in [6.07, 6.45) is 0. The molecule has 0 fully saturated rings. The Morgan fingerprint density at radius 3 is 0.882 bits per heavy atom. The van der Waals surface area contributed by atoms with Crippen LogP contribution in [0.2, 0.25) is 0 Å². The van der Waals surface area contributed by atoms with E-state index in [1.54, 1.807) is 0 Å². The van der Waals surface area contributed by atoms with Gasteiger partial charge < -0.3 is 9.68 Å². The summed E-state index contributed by atoms with van der Waals surface area (Å²) in [5.41, 5.74) is 11.3. The summed E-state index contributed by atoms with van der Waals surface area (Å²) >= 11 is 0. The van der Waals surface area contributed by atoms with Crippen molar-refractivity contribution in [3.63, 3.8) is 0 Å². The van der Waals surface area contributed by atoms with Gasteiger partial charge in [0.2, 0.25) is 0 Å². The first-order valence-corrected chi connectivity index (χ1v) is 17.9. The van der Waals surface area contributed by atoms with Crippen LogP contribution in [0.3, 0.4) is 0 Å². The lowest BCUT2D eigenvalue weighted by molar-refractivity contribution is -0.0215. The number of rotatable bonds is 12. The van der Waals surface area contributed by atoms with Gasteiger partial charge in [-0.15, -0.1) is 0 Å². The van der Waals surface area contributed by atoms with Crippen LogP contribution in [0.4, 0.5) is 0 Å². The van der Waals surface area contributed by atoms with Gasteiger partial charge in [-0.3, -0.25) is 0 Å². The monoisotopic (exact) mass is 673 g/mol. The Balaban J connectivity index is 1.36. The molecular formula is C48H51NO2. The fourth-order valence-electron chi connectivity index (χ4n) is 7.17. The van der Waals surface area contributed by atoms with Crippen LogP contribution in [0, 0.1) is 0 Å². The number of benzene rings is 6. The third-order valence-electron chi connectivity index (χ3n) is 11.0. The van der Waals surface area contributed by atoms with Gasteiger partial charge in [0.25, 0.3) is 0 Å². The molecule has 6 rings (SSSR count). The number of nitrogens with one attached hydrogen (secondary N) is 1. The summed E-state index contributed by atoms with van der Waals surface area (Å²) in [6, 6.07) is 55.6. The summed E-state index contributed by atoms with van der Waals surface area (Å²) < 4.78 is 0. The quantitative estimate of drug-likeness (QED) is 0.131. The molecule has 0 atom stereocenters. The third kappa shape index (κ3) is 7.22. The van der Waals surface area contributed by atoms with Crippen molar-refractivity contribution in [2.75, 3.05) is 0 Å². The Kier molecular flexibility index (Phi) is 9.97. The largest absolute Gasteiger partial charge is 0.373 e. The van der Waals surface area contributed by atoms with Crippen LogP contribution in [0.5, 0.6) is 11.5 Å². The highest BCUT2D eigenvalue weighted by molar-refractivity contribution is 5.52. The van der Waals surface area contributed by atoms with E-state index in [1.807, 2.05) is 0 Å². The lowest BCUT2D eigenvalue weighted by atomic mass is 9.73. The normalized spacial score (nSPS) is 12.4. The van der Waals surface area contributed by atoms with E-state index in [1.165, 1.54) is 33.4 Å². The molecule has 0 spiro atoms. The second-order valence-electron chi connectivity index (χ2n) is 15.7. The molecule has 51 heavy (non-hydrogen) atoms. The molecular weight excluding hydrogens is 623 g/mol. The van der Waals surface area contributed by atoms with Crippen molar-refractivity contribution in [2.45, 2.75) is 77.0 Å². The van der Waals surface area contributed by atoms with E-state index in [0.29, 0.717) is 11.5 Å². The maximum atomic E-state index is 6.39. The topological polar surface area (TPSA) is 30.5 Å². The van der Waals surface area contributed by atoms with Gasteiger partial charge in [-0.1, -0.05) is 201 Å². The van der Waals surface area contributed by atoms with Gasteiger partial charge in [0.1, 0.15) is 0 Å². The number of hydrogen-bond donors (Lipinski definition) is 1. The van der Waals surface area contributed by atoms with Crippen molar-refractivity contribution in [3.05, 3.63) is 202 Å². The first-order valence-electron chi connectivity index (χ1n) is 17.9. The van der Waals surface area contributed by atoms with Gasteiger partial charge in [-0.2, -0.15) is 0 Å². The fraction of sp³-hybridized carbons (Fsp3) is 0.250. The minimum absolute atomic E-state index is 0.210. The van der Waals surface area contributed by atoms with Crippen LogP contribution in [-0.4, -0.2) is 0 Å². The van der Waals surface area contributed by atoms with Gasteiger partial charge >= 0.3 is 0 Å². The molecule has 0 saturated carbocycles. The van der Waals surface area contributed by atoms with Gasteiger partial charge in [0.05, 0.1) is 0 Å². The molecule has 3 heteroatoms. The van der Waals surface area contributed by atoms with Crippen LogP contribution < -0.4 is 15.3 Å². The van der Waals surface area contributed by atoms with E-state index in [0.717, 1.165) is 11.1 Å². The van der Waals surface area contributed by atoms with E-state index in [-0.39, 0.29) is 21.7 Å². The lowest BCUT2D eigenvalue weighted by Crippen LogP contribution is -2.29. The molecule has 6 aromatic carbocycles. The molecule has 1 N–H and O–H groups in total. The molecule has 6 aromatic rings. The molecule has 0 aliphatic heterocycles. The summed E-state index contributed by atoms with van der Waals surface area (Å²) in [6.45, 7) is 18.1. The van der Waals surface area contributed by atoms with Crippen molar-refractivity contribution in [3.8, 4) is 11.5 Å². The highest BCUT2D eigenvalue weighted by atomic mass is 16.9. The third-order valence-corrected chi connectivity index (χ3v) is 11.0. The molecule has 260 valence electrons. The van der Waals surface area contributed by atoms with Crippen molar-refractivity contribution in [2.24, 2.45) is 0 Å².